The van der Waals surface area contributed by atoms with E-state index in [1.165, 1.54) is 6.08 Å². The molecule has 2 aromatic rings. The van der Waals surface area contributed by atoms with Gasteiger partial charge in [0.15, 0.2) is 11.5 Å². The van der Waals surface area contributed by atoms with Crippen LogP contribution in [0.2, 0.25) is 0 Å². The Morgan fingerprint density at radius 2 is 1.85 bits per heavy atom. The fraction of sp³-hybridized carbons (Fsp3) is 0.250. The van der Waals surface area contributed by atoms with Crippen LogP contribution >= 0.6 is 0 Å². The number of anilines is 2. The first-order valence-corrected chi connectivity index (χ1v) is 8.60. The van der Waals surface area contributed by atoms with Crippen molar-refractivity contribution >= 4 is 23.4 Å². The average Bonchev–Trinajstić information content (AvgIpc) is 3.15. The van der Waals surface area contributed by atoms with Crippen LogP contribution in [0.15, 0.2) is 48.5 Å². The normalized spacial score (nSPS) is 16.1. The molecule has 0 unspecified atom stereocenters. The Kier molecular flexibility index (Phi) is 4.75. The third-order valence-electron chi connectivity index (χ3n) is 4.34. The lowest BCUT2D eigenvalue weighted by Crippen LogP contribution is -2.36. The minimum Gasteiger partial charge on any atom is -0.454 e. The number of amides is 1. The van der Waals surface area contributed by atoms with E-state index in [0.717, 1.165) is 35.8 Å². The number of carbonyl (C=O) groups excluding carboxylic acids is 1. The number of ether oxygens (including phenoxy) is 3. The second-order valence-electron chi connectivity index (χ2n) is 6.05. The molecule has 0 atom stereocenters. The van der Waals surface area contributed by atoms with Gasteiger partial charge in [0, 0.05) is 19.2 Å². The van der Waals surface area contributed by atoms with Crippen molar-refractivity contribution in [2.45, 2.75) is 0 Å². The Labute approximate surface area is 152 Å². The maximum absolute atomic E-state index is 12.4. The lowest BCUT2D eigenvalue weighted by Gasteiger charge is -2.30. The molecule has 1 fully saturated rings. The summed E-state index contributed by atoms with van der Waals surface area (Å²) in [6.45, 7) is 3.28. The molecule has 0 bridgehead atoms. The third-order valence-corrected chi connectivity index (χ3v) is 4.34. The lowest BCUT2D eigenvalue weighted by molar-refractivity contribution is -0.111. The molecule has 6 heteroatoms. The van der Waals surface area contributed by atoms with Gasteiger partial charge in [-0.15, -0.1) is 0 Å². The lowest BCUT2D eigenvalue weighted by atomic mass is 10.2. The Bertz CT molecular complexity index is 828. The third kappa shape index (κ3) is 3.65. The van der Waals surface area contributed by atoms with Crippen molar-refractivity contribution in [2.75, 3.05) is 43.3 Å². The number of hydrogen-bond donors (Lipinski definition) is 1. The molecule has 0 aromatic heterocycles. The molecule has 0 aliphatic carbocycles. The highest BCUT2D eigenvalue weighted by Crippen LogP contribution is 2.33. The molecule has 2 aromatic carbocycles. The molecule has 6 nitrogen and oxygen atoms in total. The van der Waals surface area contributed by atoms with Crippen molar-refractivity contribution in [2.24, 2.45) is 0 Å². The van der Waals surface area contributed by atoms with E-state index in [1.54, 1.807) is 6.08 Å². The summed E-state index contributed by atoms with van der Waals surface area (Å²) in [6, 6.07) is 13.4. The average molecular weight is 352 g/mol. The number of para-hydroxylation sites is 2. The van der Waals surface area contributed by atoms with Gasteiger partial charge in [-0.1, -0.05) is 18.2 Å². The van der Waals surface area contributed by atoms with E-state index in [1.807, 2.05) is 42.5 Å². The maximum Gasteiger partial charge on any atom is 0.248 e. The highest BCUT2D eigenvalue weighted by molar-refractivity contribution is 6.03. The zero-order valence-corrected chi connectivity index (χ0v) is 14.3. The monoisotopic (exact) mass is 352 g/mol. The Morgan fingerprint density at radius 1 is 1.04 bits per heavy atom. The van der Waals surface area contributed by atoms with E-state index in [2.05, 4.69) is 10.2 Å². The second kappa shape index (κ2) is 7.49. The Balaban J connectivity index is 1.45. The van der Waals surface area contributed by atoms with Gasteiger partial charge in [0.2, 0.25) is 12.7 Å². The molecule has 26 heavy (non-hydrogen) atoms. The van der Waals surface area contributed by atoms with Crippen LogP contribution in [0, 0.1) is 0 Å². The van der Waals surface area contributed by atoms with Crippen molar-refractivity contribution in [1.29, 1.82) is 0 Å². The van der Waals surface area contributed by atoms with Crippen molar-refractivity contribution in [3.8, 4) is 11.5 Å². The predicted octanol–water partition coefficient (Wildman–Crippen LogP) is 2.90. The topological polar surface area (TPSA) is 60.0 Å². The van der Waals surface area contributed by atoms with Crippen LogP contribution in [-0.4, -0.2) is 39.0 Å². The van der Waals surface area contributed by atoms with Crippen LogP contribution in [0.25, 0.3) is 6.08 Å². The number of carbonyl (C=O) groups is 1. The molecule has 1 saturated heterocycles. The standard InChI is InChI=1S/C20H20N2O4/c23-20(8-6-15-5-7-18-19(13-15)26-14-25-18)21-16-3-1-2-4-17(16)22-9-11-24-12-10-22/h1-8,13H,9-12,14H2,(H,21,23)/b8-6-. The summed E-state index contributed by atoms with van der Waals surface area (Å²) < 4.78 is 16.0. The van der Waals surface area contributed by atoms with E-state index >= 15 is 0 Å². The number of rotatable bonds is 4. The SMILES string of the molecule is O=C(/C=C\c1ccc2c(c1)OCO2)Nc1ccccc1N1CCOCC1. The summed E-state index contributed by atoms with van der Waals surface area (Å²) in [5, 5.41) is 2.97. The largest absolute Gasteiger partial charge is 0.454 e. The smallest absolute Gasteiger partial charge is 0.248 e. The van der Waals surface area contributed by atoms with Gasteiger partial charge >= 0.3 is 0 Å². The van der Waals surface area contributed by atoms with Crippen LogP contribution < -0.4 is 19.7 Å². The van der Waals surface area contributed by atoms with Gasteiger partial charge in [-0.3, -0.25) is 4.79 Å². The fourth-order valence-corrected chi connectivity index (χ4v) is 3.02. The molecule has 0 spiro atoms. The van der Waals surface area contributed by atoms with Crippen molar-refractivity contribution < 1.29 is 19.0 Å². The summed E-state index contributed by atoms with van der Waals surface area (Å²) in [5.41, 5.74) is 2.70. The van der Waals surface area contributed by atoms with Gasteiger partial charge in [-0.2, -0.15) is 0 Å². The molecular weight excluding hydrogens is 332 g/mol. The molecule has 1 N–H and O–H groups in total. The van der Waals surface area contributed by atoms with Crippen LogP contribution in [0.3, 0.4) is 0 Å². The summed E-state index contributed by atoms with van der Waals surface area (Å²) in [4.78, 5) is 14.6. The molecule has 0 radical (unpaired) electrons. The molecule has 1 amide bonds. The van der Waals surface area contributed by atoms with Gasteiger partial charge in [-0.25, -0.2) is 0 Å². The van der Waals surface area contributed by atoms with Gasteiger partial charge in [-0.05, 0) is 35.9 Å². The molecule has 4 rings (SSSR count). The van der Waals surface area contributed by atoms with Gasteiger partial charge in [0.1, 0.15) is 0 Å². The Morgan fingerprint density at radius 3 is 2.73 bits per heavy atom. The van der Waals surface area contributed by atoms with Gasteiger partial charge in [0.25, 0.3) is 0 Å². The number of benzene rings is 2. The minimum absolute atomic E-state index is 0.177. The van der Waals surface area contributed by atoms with Crippen LogP contribution in [0.4, 0.5) is 11.4 Å². The van der Waals surface area contributed by atoms with Gasteiger partial charge in [0.05, 0.1) is 24.6 Å². The molecule has 2 heterocycles. The second-order valence-corrected chi connectivity index (χ2v) is 6.05. The molecule has 2 aliphatic heterocycles. The van der Waals surface area contributed by atoms with Crippen LogP contribution in [-0.2, 0) is 9.53 Å². The number of nitrogens with one attached hydrogen (secondary N) is 1. The van der Waals surface area contributed by atoms with Crippen molar-refractivity contribution in [3.05, 3.63) is 54.1 Å². The summed E-state index contributed by atoms with van der Waals surface area (Å²) >= 11 is 0. The molecule has 0 saturated carbocycles. The fourth-order valence-electron chi connectivity index (χ4n) is 3.02. The first-order valence-electron chi connectivity index (χ1n) is 8.60. The molecular formula is C20H20N2O4. The number of hydrogen-bond acceptors (Lipinski definition) is 5. The number of fused-ring (bicyclic) bond motifs is 1. The quantitative estimate of drug-likeness (QED) is 0.858. The first-order chi connectivity index (χ1) is 12.8. The van der Waals surface area contributed by atoms with E-state index in [9.17, 15) is 4.79 Å². The number of nitrogens with zero attached hydrogens (tertiary/aromatic N) is 1. The highest BCUT2D eigenvalue weighted by atomic mass is 16.7. The van der Waals surface area contributed by atoms with Crippen LogP contribution in [0.1, 0.15) is 5.56 Å². The number of morpholine rings is 1. The zero-order chi connectivity index (χ0) is 17.8. The van der Waals surface area contributed by atoms with Gasteiger partial charge < -0.3 is 24.4 Å². The minimum atomic E-state index is -0.177. The summed E-state index contributed by atoms with van der Waals surface area (Å²) in [6.07, 6.45) is 3.28. The molecule has 134 valence electrons. The van der Waals surface area contributed by atoms with E-state index in [4.69, 9.17) is 14.2 Å². The first kappa shape index (κ1) is 16.5. The Hall–Kier alpha value is -2.99. The predicted molar refractivity (Wildman–Crippen MR) is 99.7 cm³/mol. The highest BCUT2D eigenvalue weighted by Gasteiger charge is 2.15. The molecule has 2 aliphatic rings. The van der Waals surface area contributed by atoms with Crippen molar-refractivity contribution in [3.63, 3.8) is 0 Å². The van der Waals surface area contributed by atoms with Crippen LogP contribution in [0.5, 0.6) is 11.5 Å². The zero-order valence-electron chi connectivity index (χ0n) is 14.3. The summed E-state index contributed by atoms with van der Waals surface area (Å²) in [7, 11) is 0. The van der Waals surface area contributed by atoms with E-state index < -0.39 is 0 Å². The summed E-state index contributed by atoms with van der Waals surface area (Å²) in [5.74, 6) is 1.25. The van der Waals surface area contributed by atoms with Crippen molar-refractivity contribution in [1.82, 2.24) is 0 Å². The van der Waals surface area contributed by atoms with E-state index in [-0.39, 0.29) is 12.7 Å². The van der Waals surface area contributed by atoms with E-state index in [0.29, 0.717) is 19.0 Å². The maximum atomic E-state index is 12.4.